The molecule has 0 atom stereocenters. The summed E-state index contributed by atoms with van der Waals surface area (Å²) < 4.78 is 13.2. The zero-order chi connectivity index (χ0) is 18.5. The van der Waals surface area contributed by atoms with Gasteiger partial charge < -0.3 is 15.7 Å². The van der Waals surface area contributed by atoms with Crippen molar-refractivity contribution in [2.75, 3.05) is 5.32 Å². The number of halogens is 1. The van der Waals surface area contributed by atoms with Gasteiger partial charge in [-0.3, -0.25) is 14.7 Å². The van der Waals surface area contributed by atoms with Crippen LogP contribution in [-0.2, 0) is 6.54 Å². The van der Waals surface area contributed by atoms with Gasteiger partial charge in [-0.2, -0.15) is 5.10 Å². The Bertz CT molecular complexity index is 941. The molecular weight excluding hydrogens is 339 g/mol. The second-order valence-electron chi connectivity index (χ2n) is 5.45. The average molecular weight is 354 g/mol. The number of carbonyl (C=O) groups excluding carboxylic acids is 2. The van der Waals surface area contributed by atoms with E-state index in [9.17, 15) is 19.1 Å². The molecule has 3 aromatic rings. The molecule has 0 saturated carbocycles. The summed E-state index contributed by atoms with van der Waals surface area (Å²) in [5, 5.41) is 21.1. The van der Waals surface area contributed by atoms with E-state index in [1.165, 1.54) is 6.07 Å². The summed E-state index contributed by atoms with van der Waals surface area (Å²) in [6.07, 6.45) is 0. The Hall–Kier alpha value is -3.68. The fourth-order valence-electron chi connectivity index (χ4n) is 2.25. The van der Waals surface area contributed by atoms with Gasteiger partial charge in [0.1, 0.15) is 17.4 Å². The molecule has 0 aliphatic rings. The SMILES string of the molecule is O=C(NCc1ccccc1)c1cc(NC(=O)c2cc(F)ccc2O)[nH]n1. The molecule has 2 aromatic carbocycles. The third kappa shape index (κ3) is 4.04. The molecule has 0 radical (unpaired) electrons. The van der Waals surface area contributed by atoms with Crippen LogP contribution in [-0.4, -0.2) is 27.1 Å². The van der Waals surface area contributed by atoms with Crippen molar-refractivity contribution in [3.8, 4) is 5.75 Å². The molecule has 7 nitrogen and oxygen atoms in total. The number of benzene rings is 2. The summed E-state index contributed by atoms with van der Waals surface area (Å²) in [4.78, 5) is 24.2. The highest BCUT2D eigenvalue weighted by molar-refractivity contribution is 6.06. The highest BCUT2D eigenvalue weighted by atomic mass is 19.1. The zero-order valence-electron chi connectivity index (χ0n) is 13.5. The van der Waals surface area contributed by atoms with Crippen LogP contribution in [0.4, 0.5) is 10.2 Å². The highest BCUT2D eigenvalue weighted by Gasteiger charge is 2.15. The number of H-pyrrole nitrogens is 1. The number of rotatable bonds is 5. The third-order valence-electron chi connectivity index (χ3n) is 3.56. The van der Waals surface area contributed by atoms with Gasteiger partial charge in [0.15, 0.2) is 5.69 Å². The van der Waals surface area contributed by atoms with Crippen molar-refractivity contribution >= 4 is 17.6 Å². The Labute approximate surface area is 147 Å². The predicted octanol–water partition coefficient (Wildman–Crippen LogP) is 2.44. The molecule has 0 aliphatic carbocycles. The second-order valence-corrected chi connectivity index (χ2v) is 5.45. The first-order valence-electron chi connectivity index (χ1n) is 7.70. The summed E-state index contributed by atoms with van der Waals surface area (Å²) in [6.45, 7) is 0.339. The smallest absolute Gasteiger partial charge is 0.272 e. The van der Waals surface area contributed by atoms with E-state index in [1.54, 1.807) is 0 Å². The van der Waals surface area contributed by atoms with Crippen LogP contribution in [0.15, 0.2) is 54.6 Å². The number of hydrogen-bond acceptors (Lipinski definition) is 4. The van der Waals surface area contributed by atoms with Gasteiger partial charge in [0.2, 0.25) is 0 Å². The Morgan fingerprint density at radius 2 is 1.85 bits per heavy atom. The van der Waals surface area contributed by atoms with Crippen LogP contribution < -0.4 is 10.6 Å². The molecule has 0 aliphatic heterocycles. The van der Waals surface area contributed by atoms with Gasteiger partial charge in [-0.15, -0.1) is 0 Å². The van der Waals surface area contributed by atoms with E-state index >= 15 is 0 Å². The van der Waals surface area contributed by atoms with Crippen molar-refractivity contribution in [1.29, 1.82) is 0 Å². The Balaban J connectivity index is 1.63. The quantitative estimate of drug-likeness (QED) is 0.564. The normalized spacial score (nSPS) is 10.3. The van der Waals surface area contributed by atoms with Crippen molar-refractivity contribution in [3.05, 3.63) is 77.2 Å². The minimum absolute atomic E-state index is 0.0831. The molecule has 132 valence electrons. The average Bonchev–Trinajstić information content (AvgIpc) is 3.11. The molecule has 0 fully saturated rings. The van der Waals surface area contributed by atoms with Gasteiger partial charge in [0.05, 0.1) is 5.56 Å². The molecule has 1 heterocycles. The largest absolute Gasteiger partial charge is 0.507 e. The van der Waals surface area contributed by atoms with E-state index in [2.05, 4.69) is 20.8 Å². The molecule has 0 spiro atoms. The summed E-state index contributed by atoms with van der Waals surface area (Å²) in [5.41, 5.74) is 0.792. The van der Waals surface area contributed by atoms with Crippen LogP contribution in [0.2, 0.25) is 0 Å². The number of amides is 2. The van der Waals surface area contributed by atoms with E-state index < -0.39 is 17.6 Å². The van der Waals surface area contributed by atoms with Gasteiger partial charge >= 0.3 is 0 Å². The molecule has 0 unspecified atom stereocenters. The maximum Gasteiger partial charge on any atom is 0.272 e. The van der Waals surface area contributed by atoms with Crippen LogP contribution >= 0.6 is 0 Å². The van der Waals surface area contributed by atoms with Crippen molar-refractivity contribution in [2.45, 2.75) is 6.54 Å². The van der Waals surface area contributed by atoms with E-state index in [1.807, 2.05) is 30.3 Å². The lowest BCUT2D eigenvalue weighted by Gasteiger charge is -2.04. The lowest BCUT2D eigenvalue weighted by atomic mass is 10.2. The van der Waals surface area contributed by atoms with Gasteiger partial charge in [-0.25, -0.2) is 4.39 Å². The summed E-state index contributed by atoms with van der Waals surface area (Å²) in [5.74, 6) is -2.02. The monoisotopic (exact) mass is 354 g/mol. The fraction of sp³-hybridized carbons (Fsp3) is 0.0556. The van der Waals surface area contributed by atoms with Crippen LogP contribution in [0.3, 0.4) is 0 Å². The number of aromatic nitrogens is 2. The number of phenolic OH excluding ortho intramolecular Hbond substituents is 1. The second kappa shape index (κ2) is 7.47. The summed E-state index contributed by atoms with van der Waals surface area (Å²) >= 11 is 0. The van der Waals surface area contributed by atoms with Crippen molar-refractivity contribution in [1.82, 2.24) is 15.5 Å². The van der Waals surface area contributed by atoms with Crippen LogP contribution in [0.25, 0.3) is 0 Å². The minimum Gasteiger partial charge on any atom is -0.507 e. The fourth-order valence-corrected chi connectivity index (χ4v) is 2.25. The zero-order valence-corrected chi connectivity index (χ0v) is 13.5. The number of hydrogen-bond donors (Lipinski definition) is 4. The molecule has 8 heteroatoms. The van der Waals surface area contributed by atoms with Gasteiger partial charge in [-0.1, -0.05) is 30.3 Å². The third-order valence-corrected chi connectivity index (χ3v) is 3.56. The van der Waals surface area contributed by atoms with Crippen molar-refractivity contribution in [3.63, 3.8) is 0 Å². The Morgan fingerprint density at radius 3 is 2.62 bits per heavy atom. The summed E-state index contributed by atoms with van der Waals surface area (Å²) in [6, 6.07) is 13.7. The van der Waals surface area contributed by atoms with Crippen molar-refractivity contribution < 1.29 is 19.1 Å². The van der Waals surface area contributed by atoms with Gasteiger partial charge in [0.25, 0.3) is 11.8 Å². The molecule has 2 amide bonds. The number of aromatic hydroxyl groups is 1. The van der Waals surface area contributed by atoms with Crippen LogP contribution in [0.1, 0.15) is 26.4 Å². The maximum absolute atomic E-state index is 13.2. The van der Waals surface area contributed by atoms with Crippen LogP contribution in [0.5, 0.6) is 5.75 Å². The molecule has 1 aromatic heterocycles. The number of aromatic amines is 1. The number of nitrogens with zero attached hydrogens (tertiary/aromatic N) is 1. The standard InChI is InChI=1S/C18H15FN4O3/c19-12-6-7-15(24)13(8-12)17(25)21-16-9-14(22-23-16)18(26)20-10-11-4-2-1-3-5-11/h1-9,24H,10H2,(H,20,26)(H2,21,22,23,25). The van der Waals surface area contributed by atoms with Gasteiger partial charge in [0, 0.05) is 12.6 Å². The molecule has 3 rings (SSSR count). The van der Waals surface area contributed by atoms with E-state index in [0.29, 0.717) is 6.54 Å². The number of carbonyl (C=O) groups is 2. The van der Waals surface area contributed by atoms with Crippen LogP contribution in [0, 0.1) is 5.82 Å². The first kappa shape index (κ1) is 17.2. The molecule has 0 bridgehead atoms. The highest BCUT2D eigenvalue weighted by Crippen LogP contribution is 2.19. The lowest BCUT2D eigenvalue weighted by Crippen LogP contribution is -2.23. The summed E-state index contributed by atoms with van der Waals surface area (Å²) in [7, 11) is 0. The Kier molecular flexibility index (Phi) is 4.93. The first-order chi connectivity index (χ1) is 12.5. The molecule has 4 N–H and O–H groups in total. The van der Waals surface area contributed by atoms with E-state index in [4.69, 9.17) is 0 Å². The minimum atomic E-state index is -0.734. The topological polar surface area (TPSA) is 107 Å². The van der Waals surface area contributed by atoms with E-state index in [0.717, 1.165) is 23.8 Å². The van der Waals surface area contributed by atoms with Gasteiger partial charge in [-0.05, 0) is 23.8 Å². The molecule has 26 heavy (non-hydrogen) atoms. The molecular formula is C18H15FN4O3. The molecule has 0 saturated heterocycles. The number of anilines is 1. The maximum atomic E-state index is 13.2. The first-order valence-corrected chi connectivity index (χ1v) is 7.70. The Morgan fingerprint density at radius 1 is 1.08 bits per heavy atom. The lowest BCUT2D eigenvalue weighted by molar-refractivity contribution is 0.0945. The predicted molar refractivity (Wildman–Crippen MR) is 92.2 cm³/mol. The number of nitrogens with one attached hydrogen (secondary N) is 3. The van der Waals surface area contributed by atoms with Crippen molar-refractivity contribution in [2.24, 2.45) is 0 Å². The van der Waals surface area contributed by atoms with E-state index in [-0.39, 0.29) is 22.8 Å². The number of phenols is 1.